The maximum Gasteiger partial charge on any atom is 0.266 e. The summed E-state index contributed by atoms with van der Waals surface area (Å²) < 4.78 is 7.50. The molecule has 0 aromatic heterocycles. The summed E-state index contributed by atoms with van der Waals surface area (Å²) in [6.45, 7) is 5.44. The first-order chi connectivity index (χ1) is 11.5. The lowest BCUT2D eigenvalue weighted by Crippen LogP contribution is -2.28. The van der Waals surface area contributed by atoms with Crippen molar-refractivity contribution in [2.24, 2.45) is 4.99 Å². The maximum absolute atomic E-state index is 12.5. The van der Waals surface area contributed by atoms with Crippen LogP contribution in [0.15, 0.2) is 22.0 Å². The van der Waals surface area contributed by atoms with Crippen LogP contribution in [0.2, 0.25) is 0 Å². The van der Waals surface area contributed by atoms with Gasteiger partial charge in [0.05, 0.1) is 12.0 Å². The smallest absolute Gasteiger partial charge is 0.266 e. The number of rotatable bonds is 5. The number of terminal acetylenes is 1. The lowest BCUT2D eigenvalue weighted by molar-refractivity contribution is -0.122. The van der Waals surface area contributed by atoms with Crippen molar-refractivity contribution >= 4 is 74.1 Å². The van der Waals surface area contributed by atoms with Gasteiger partial charge in [-0.15, -0.1) is 6.42 Å². The molecule has 1 aliphatic rings. The number of amidine groups is 1. The predicted molar refractivity (Wildman–Crippen MR) is 117 cm³/mol. The minimum absolute atomic E-state index is 0.00683. The summed E-state index contributed by atoms with van der Waals surface area (Å²) in [7, 11) is 0. The summed E-state index contributed by atoms with van der Waals surface area (Å²) in [5.74, 6) is 3.26. The summed E-state index contributed by atoms with van der Waals surface area (Å²) in [6, 6.07) is 3.97. The van der Waals surface area contributed by atoms with Crippen molar-refractivity contribution in [2.75, 3.05) is 19.7 Å². The van der Waals surface area contributed by atoms with Gasteiger partial charge in [-0.3, -0.25) is 14.7 Å². The molecular weight excluding hydrogens is 550 g/mol. The van der Waals surface area contributed by atoms with Gasteiger partial charge in [-0.1, -0.05) is 5.92 Å². The molecule has 1 aromatic carbocycles. The predicted octanol–water partition coefficient (Wildman–Crippen LogP) is 4.22. The number of hydrogen-bond acceptors (Lipinski definition) is 4. The topological polar surface area (TPSA) is 41.9 Å². The van der Waals surface area contributed by atoms with E-state index in [0.717, 1.165) is 23.6 Å². The Morgan fingerprint density at radius 1 is 1.38 bits per heavy atom. The summed E-state index contributed by atoms with van der Waals surface area (Å²) in [5.41, 5.74) is 0.960. The van der Waals surface area contributed by atoms with E-state index in [1.165, 1.54) is 11.8 Å². The van der Waals surface area contributed by atoms with Crippen LogP contribution in [0, 0.1) is 19.5 Å². The van der Waals surface area contributed by atoms with Crippen LogP contribution in [0.3, 0.4) is 0 Å². The number of ether oxygens (including phenoxy) is 1. The van der Waals surface area contributed by atoms with Gasteiger partial charge >= 0.3 is 0 Å². The first-order valence-corrected chi connectivity index (χ1v) is 10.3. The molecule has 126 valence electrons. The maximum atomic E-state index is 12.5. The largest absolute Gasteiger partial charge is 0.479 e. The minimum atomic E-state index is 0.00683. The molecule has 1 saturated heterocycles. The Kier molecular flexibility index (Phi) is 7.43. The molecule has 2 rings (SSSR count). The zero-order valence-electron chi connectivity index (χ0n) is 13.3. The summed E-state index contributed by atoms with van der Waals surface area (Å²) >= 11 is 5.86. The van der Waals surface area contributed by atoms with Gasteiger partial charge in [0, 0.05) is 13.1 Å². The van der Waals surface area contributed by atoms with Gasteiger partial charge in [-0.25, -0.2) is 0 Å². The SMILES string of the molecule is C#CCOc1c(I)cc(/C=C2\SC(=NCC)N(CC)C2=O)cc1I. The molecule has 0 N–H and O–H groups in total. The van der Waals surface area contributed by atoms with Crippen molar-refractivity contribution in [1.29, 1.82) is 0 Å². The average molecular weight is 566 g/mol. The second kappa shape index (κ2) is 9.10. The quantitative estimate of drug-likeness (QED) is 0.305. The fourth-order valence-electron chi connectivity index (χ4n) is 2.11. The summed E-state index contributed by atoms with van der Waals surface area (Å²) in [6.07, 6.45) is 7.15. The van der Waals surface area contributed by atoms with Crippen molar-refractivity contribution in [2.45, 2.75) is 13.8 Å². The van der Waals surface area contributed by atoms with Gasteiger partial charge < -0.3 is 4.74 Å². The lowest BCUT2D eigenvalue weighted by atomic mass is 10.2. The molecule has 4 nitrogen and oxygen atoms in total. The third kappa shape index (κ3) is 4.46. The Bertz CT molecular complexity index is 730. The Morgan fingerprint density at radius 2 is 2.04 bits per heavy atom. The third-order valence-corrected chi connectivity index (χ3v) is 5.76. The van der Waals surface area contributed by atoms with Gasteiger partial charge in [-0.2, -0.15) is 0 Å². The average Bonchev–Trinajstić information content (AvgIpc) is 2.82. The molecule has 0 radical (unpaired) electrons. The summed E-state index contributed by atoms with van der Waals surface area (Å²) in [5, 5.41) is 0.773. The highest BCUT2D eigenvalue weighted by molar-refractivity contribution is 14.1. The van der Waals surface area contributed by atoms with E-state index in [4.69, 9.17) is 11.2 Å². The molecule has 1 fully saturated rings. The standard InChI is InChI=1S/C17H16I2N2O2S/c1-4-7-23-15-12(18)8-11(9-13(15)19)10-14-16(22)21(6-3)17(24-14)20-5-2/h1,8-10H,5-7H2,2-3H3/b14-10-,20-17?. The van der Waals surface area contributed by atoms with Crippen LogP contribution >= 0.6 is 56.9 Å². The molecule has 0 unspecified atom stereocenters. The van der Waals surface area contributed by atoms with Gasteiger partial charge in [-0.05, 0) is 94.6 Å². The number of hydrogen-bond donors (Lipinski definition) is 0. The van der Waals surface area contributed by atoms with Crippen LogP contribution in [-0.4, -0.2) is 35.7 Å². The van der Waals surface area contributed by atoms with E-state index in [2.05, 4.69) is 56.1 Å². The van der Waals surface area contributed by atoms with E-state index in [1.54, 1.807) is 4.90 Å². The zero-order chi connectivity index (χ0) is 17.7. The van der Waals surface area contributed by atoms with E-state index in [9.17, 15) is 4.79 Å². The Labute approximate surface area is 173 Å². The second-order valence-electron chi connectivity index (χ2n) is 4.72. The third-order valence-electron chi connectivity index (χ3n) is 3.12. The highest BCUT2D eigenvalue weighted by Gasteiger charge is 2.31. The van der Waals surface area contributed by atoms with Crippen LogP contribution in [0.5, 0.6) is 5.75 Å². The summed E-state index contributed by atoms with van der Waals surface area (Å²) in [4.78, 5) is 19.3. The number of benzene rings is 1. The molecule has 0 spiro atoms. The number of carbonyl (C=O) groups excluding carboxylic acids is 1. The van der Waals surface area contributed by atoms with Crippen molar-refractivity contribution in [1.82, 2.24) is 4.90 Å². The Balaban J connectivity index is 2.33. The fraction of sp³-hybridized carbons (Fsp3) is 0.294. The highest BCUT2D eigenvalue weighted by Crippen LogP contribution is 2.34. The fourth-order valence-corrected chi connectivity index (χ4v) is 5.34. The van der Waals surface area contributed by atoms with Crippen LogP contribution in [0.1, 0.15) is 19.4 Å². The minimum Gasteiger partial charge on any atom is -0.479 e. The molecule has 7 heteroatoms. The number of aliphatic imine (C=N–C) groups is 1. The van der Waals surface area contributed by atoms with Gasteiger partial charge in [0.2, 0.25) is 0 Å². The van der Waals surface area contributed by atoms with E-state index in [1.807, 2.05) is 32.1 Å². The molecule has 1 aliphatic heterocycles. The normalized spacial score (nSPS) is 17.6. The van der Waals surface area contributed by atoms with Crippen molar-refractivity contribution < 1.29 is 9.53 Å². The van der Waals surface area contributed by atoms with Crippen LogP contribution in [0.4, 0.5) is 0 Å². The number of amides is 1. The first-order valence-electron chi connectivity index (χ1n) is 7.32. The number of halogens is 2. The van der Waals surface area contributed by atoms with Gasteiger partial charge in [0.25, 0.3) is 5.91 Å². The van der Waals surface area contributed by atoms with Crippen LogP contribution < -0.4 is 4.74 Å². The van der Waals surface area contributed by atoms with Crippen molar-refractivity contribution in [3.8, 4) is 18.1 Å². The number of nitrogens with zero attached hydrogens (tertiary/aromatic N) is 2. The van der Waals surface area contributed by atoms with E-state index >= 15 is 0 Å². The number of carbonyl (C=O) groups is 1. The number of likely N-dealkylation sites (N-methyl/N-ethyl adjacent to an activating group) is 1. The Morgan fingerprint density at radius 3 is 2.58 bits per heavy atom. The van der Waals surface area contributed by atoms with Crippen LogP contribution in [-0.2, 0) is 4.79 Å². The van der Waals surface area contributed by atoms with Crippen molar-refractivity contribution in [3.63, 3.8) is 0 Å². The van der Waals surface area contributed by atoms with E-state index < -0.39 is 0 Å². The molecule has 0 saturated carbocycles. The van der Waals surface area contributed by atoms with Gasteiger partial charge in [0.15, 0.2) is 5.17 Å². The molecule has 0 aliphatic carbocycles. The van der Waals surface area contributed by atoms with Gasteiger partial charge in [0.1, 0.15) is 12.4 Å². The first kappa shape index (κ1) is 19.6. The van der Waals surface area contributed by atoms with E-state index in [0.29, 0.717) is 18.0 Å². The Hall–Kier alpha value is -0.730. The molecule has 1 heterocycles. The monoisotopic (exact) mass is 566 g/mol. The number of thioether (sulfide) groups is 1. The second-order valence-corrected chi connectivity index (χ2v) is 8.06. The molecule has 24 heavy (non-hydrogen) atoms. The lowest BCUT2D eigenvalue weighted by Gasteiger charge is -2.11. The molecule has 0 atom stereocenters. The van der Waals surface area contributed by atoms with Crippen LogP contribution in [0.25, 0.3) is 6.08 Å². The zero-order valence-corrected chi connectivity index (χ0v) is 18.4. The molecule has 1 aromatic rings. The molecule has 1 amide bonds. The highest BCUT2D eigenvalue weighted by atomic mass is 127. The molecular formula is C17H16I2N2O2S. The molecule has 0 bridgehead atoms. The van der Waals surface area contributed by atoms with Crippen molar-refractivity contribution in [3.05, 3.63) is 29.7 Å². The van der Waals surface area contributed by atoms with E-state index in [-0.39, 0.29) is 12.5 Å².